The molecule has 32 heavy (non-hydrogen) atoms. The maximum absolute atomic E-state index is 13.2. The van der Waals surface area contributed by atoms with Gasteiger partial charge in [0.2, 0.25) is 5.91 Å². The normalized spacial score (nSPS) is 14.8. The lowest BCUT2D eigenvalue weighted by molar-refractivity contribution is -0.116. The number of thioether (sulfide) groups is 2. The Bertz CT molecular complexity index is 1190. The molecule has 5 rings (SSSR count). The molecule has 1 amide bonds. The Morgan fingerprint density at radius 1 is 1.06 bits per heavy atom. The third kappa shape index (κ3) is 4.36. The predicted octanol–water partition coefficient (Wildman–Crippen LogP) is 4.21. The fourth-order valence-electron chi connectivity index (χ4n) is 4.31. The van der Waals surface area contributed by atoms with Crippen molar-refractivity contribution in [3.8, 4) is 0 Å². The lowest BCUT2D eigenvalue weighted by Crippen LogP contribution is -2.37. The first-order chi connectivity index (χ1) is 15.7. The smallest absolute Gasteiger partial charge is 0.268 e. The predicted molar refractivity (Wildman–Crippen MR) is 131 cm³/mol. The molecule has 0 radical (unpaired) electrons. The maximum atomic E-state index is 13.2. The van der Waals surface area contributed by atoms with E-state index in [9.17, 15) is 9.59 Å². The minimum Gasteiger partial charge on any atom is -0.311 e. The summed E-state index contributed by atoms with van der Waals surface area (Å²) in [6.45, 7) is 1.30. The summed E-state index contributed by atoms with van der Waals surface area (Å²) in [7, 11) is 0. The summed E-state index contributed by atoms with van der Waals surface area (Å²) in [6.07, 6.45) is 3.56. The van der Waals surface area contributed by atoms with Gasteiger partial charge in [-0.2, -0.15) is 0 Å². The molecule has 0 fully saturated rings. The molecule has 3 aromatic rings. The van der Waals surface area contributed by atoms with Crippen molar-refractivity contribution < 1.29 is 4.79 Å². The molecular weight excluding hydrogens is 438 g/mol. The SMILES string of the molecule is O=C(CSc1nc2c(c(=O)n1CCc1ccccc1)SCC2)N1CCCc2ccccc21. The lowest BCUT2D eigenvalue weighted by Gasteiger charge is -2.29. The van der Waals surface area contributed by atoms with Gasteiger partial charge in [-0.15, -0.1) is 11.8 Å². The number of hydrogen-bond acceptors (Lipinski definition) is 5. The van der Waals surface area contributed by atoms with Crippen LogP contribution in [0, 0.1) is 0 Å². The Labute approximate surface area is 196 Å². The molecule has 2 aromatic carbocycles. The van der Waals surface area contributed by atoms with E-state index in [1.165, 1.54) is 22.9 Å². The quantitative estimate of drug-likeness (QED) is 0.405. The Balaban J connectivity index is 1.37. The van der Waals surface area contributed by atoms with E-state index >= 15 is 0 Å². The average molecular weight is 464 g/mol. The molecule has 2 aliphatic heterocycles. The van der Waals surface area contributed by atoms with Crippen LogP contribution in [0.4, 0.5) is 5.69 Å². The van der Waals surface area contributed by atoms with Crippen molar-refractivity contribution in [1.82, 2.24) is 9.55 Å². The van der Waals surface area contributed by atoms with E-state index < -0.39 is 0 Å². The van der Waals surface area contributed by atoms with Gasteiger partial charge in [0.15, 0.2) is 5.16 Å². The van der Waals surface area contributed by atoms with Crippen LogP contribution in [0.3, 0.4) is 0 Å². The molecule has 0 atom stereocenters. The second kappa shape index (κ2) is 9.55. The van der Waals surface area contributed by atoms with Crippen molar-refractivity contribution in [2.24, 2.45) is 0 Å². The van der Waals surface area contributed by atoms with Crippen LogP contribution in [0.25, 0.3) is 0 Å². The van der Waals surface area contributed by atoms with Gasteiger partial charge in [-0.25, -0.2) is 4.98 Å². The van der Waals surface area contributed by atoms with E-state index in [4.69, 9.17) is 4.98 Å². The first-order valence-corrected chi connectivity index (χ1v) is 13.0. The van der Waals surface area contributed by atoms with E-state index in [-0.39, 0.29) is 17.2 Å². The van der Waals surface area contributed by atoms with Crippen LogP contribution in [0.15, 0.2) is 69.4 Å². The highest BCUT2D eigenvalue weighted by molar-refractivity contribution is 8.00. The molecule has 1 aromatic heterocycles. The monoisotopic (exact) mass is 463 g/mol. The van der Waals surface area contributed by atoms with Crippen molar-refractivity contribution >= 4 is 35.1 Å². The molecule has 5 nitrogen and oxygen atoms in total. The first-order valence-electron chi connectivity index (χ1n) is 11.0. The van der Waals surface area contributed by atoms with E-state index in [1.807, 2.05) is 41.3 Å². The molecule has 7 heteroatoms. The van der Waals surface area contributed by atoms with Gasteiger partial charge in [-0.1, -0.05) is 60.3 Å². The second-order valence-corrected chi connectivity index (χ2v) is 10.1. The van der Waals surface area contributed by atoms with Gasteiger partial charge in [0.1, 0.15) is 0 Å². The van der Waals surface area contributed by atoms with Gasteiger partial charge in [0.25, 0.3) is 5.56 Å². The zero-order chi connectivity index (χ0) is 21.9. The molecule has 0 aliphatic carbocycles. The average Bonchev–Trinajstić information content (AvgIpc) is 3.31. The van der Waals surface area contributed by atoms with Crippen molar-refractivity contribution in [3.63, 3.8) is 0 Å². The standard InChI is InChI=1S/C25H25N3O2S2/c29-22(27-14-6-10-19-9-4-5-11-21(19)27)17-32-25-26-20-13-16-31-23(20)24(30)28(25)15-12-18-7-2-1-3-8-18/h1-5,7-9,11H,6,10,12-17H2. The topological polar surface area (TPSA) is 55.2 Å². The zero-order valence-corrected chi connectivity index (χ0v) is 19.5. The van der Waals surface area contributed by atoms with Gasteiger partial charge in [0.05, 0.1) is 16.3 Å². The fraction of sp³-hybridized carbons (Fsp3) is 0.320. The van der Waals surface area contributed by atoms with Crippen LogP contribution in [0.2, 0.25) is 0 Å². The number of hydrogen-bond donors (Lipinski definition) is 0. The molecule has 0 spiro atoms. The number of aryl methyl sites for hydroxylation is 3. The highest BCUT2D eigenvalue weighted by Gasteiger charge is 2.25. The molecule has 0 bridgehead atoms. The highest BCUT2D eigenvalue weighted by Crippen LogP contribution is 2.30. The van der Waals surface area contributed by atoms with Crippen LogP contribution in [0.1, 0.15) is 23.2 Å². The number of anilines is 1. The van der Waals surface area contributed by atoms with Crippen LogP contribution < -0.4 is 10.5 Å². The summed E-state index contributed by atoms with van der Waals surface area (Å²) < 4.78 is 1.77. The number of carbonyl (C=O) groups excluding carboxylic acids is 1. The zero-order valence-electron chi connectivity index (χ0n) is 17.8. The lowest BCUT2D eigenvalue weighted by atomic mass is 10.0. The van der Waals surface area contributed by atoms with Gasteiger partial charge in [-0.3, -0.25) is 14.2 Å². The summed E-state index contributed by atoms with van der Waals surface area (Å²) in [5.41, 5.74) is 4.35. The summed E-state index contributed by atoms with van der Waals surface area (Å²) in [4.78, 5) is 33.8. The number of rotatable bonds is 6. The first kappa shape index (κ1) is 21.3. The summed E-state index contributed by atoms with van der Waals surface area (Å²) in [5, 5.41) is 0.658. The van der Waals surface area contributed by atoms with Crippen molar-refractivity contribution in [1.29, 1.82) is 0 Å². The molecule has 0 N–H and O–H groups in total. The third-order valence-electron chi connectivity index (χ3n) is 5.95. The van der Waals surface area contributed by atoms with Crippen LogP contribution in [-0.4, -0.2) is 33.5 Å². The third-order valence-corrected chi connectivity index (χ3v) is 8.02. The van der Waals surface area contributed by atoms with E-state index in [0.717, 1.165) is 54.3 Å². The van der Waals surface area contributed by atoms with E-state index in [2.05, 4.69) is 18.2 Å². The minimum atomic E-state index is 0.0340. The molecule has 3 heterocycles. The van der Waals surface area contributed by atoms with Gasteiger partial charge >= 0.3 is 0 Å². The summed E-state index contributed by atoms with van der Waals surface area (Å²) >= 11 is 2.99. The number of aromatic nitrogens is 2. The fourth-order valence-corrected chi connectivity index (χ4v) is 6.27. The summed E-state index contributed by atoms with van der Waals surface area (Å²) in [5.74, 6) is 1.24. The Kier molecular flexibility index (Phi) is 6.37. The van der Waals surface area contributed by atoms with Crippen molar-refractivity contribution in [3.05, 3.63) is 81.8 Å². The number of nitrogens with zero attached hydrogens (tertiary/aromatic N) is 3. The molecule has 2 aliphatic rings. The largest absolute Gasteiger partial charge is 0.311 e. The summed E-state index contributed by atoms with van der Waals surface area (Å²) in [6, 6.07) is 18.3. The molecule has 164 valence electrons. The highest BCUT2D eigenvalue weighted by atomic mass is 32.2. The van der Waals surface area contributed by atoms with Gasteiger partial charge in [0, 0.05) is 31.0 Å². The number of benzene rings is 2. The molecule has 0 saturated carbocycles. The van der Waals surface area contributed by atoms with E-state index in [0.29, 0.717) is 11.7 Å². The van der Waals surface area contributed by atoms with E-state index in [1.54, 1.807) is 16.3 Å². The van der Waals surface area contributed by atoms with Crippen LogP contribution in [0.5, 0.6) is 0 Å². The second-order valence-electron chi connectivity index (χ2n) is 8.03. The number of fused-ring (bicyclic) bond motifs is 2. The number of amides is 1. The minimum absolute atomic E-state index is 0.0340. The Morgan fingerprint density at radius 3 is 2.75 bits per heavy atom. The van der Waals surface area contributed by atoms with Crippen molar-refractivity contribution in [2.75, 3.05) is 23.0 Å². The Hall–Kier alpha value is -2.51. The van der Waals surface area contributed by atoms with Crippen LogP contribution >= 0.6 is 23.5 Å². The molecule has 0 saturated heterocycles. The van der Waals surface area contributed by atoms with Gasteiger partial charge < -0.3 is 4.90 Å². The molecular formula is C25H25N3O2S2. The number of para-hydroxylation sites is 1. The van der Waals surface area contributed by atoms with Crippen molar-refractivity contribution in [2.45, 2.75) is 42.3 Å². The Morgan fingerprint density at radius 2 is 1.88 bits per heavy atom. The molecule has 0 unspecified atom stereocenters. The van der Waals surface area contributed by atoms with Crippen LogP contribution in [-0.2, 0) is 30.6 Å². The van der Waals surface area contributed by atoms with Gasteiger partial charge in [-0.05, 0) is 36.5 Å². The number of carbonyl (C=O) groups is 1. The maximum Gasteiger partial charge on any atom is 0.268 e.